The van der Waals surface area contributed by atoms with Crippen molar-refractivity contribution in [1.82, 2.24) is 0 Å². The van der Waals surface area contributed by atoms with Crippen LogP contribution in [0.2, 0.25) is 0 Å². The largest absolute Gasteiger partial charge is 0.472 e. The van der Waals surface area contributed by atoms with Crippen molar-refractivity contribution in [3.05, 3.63) is 146 Å². The van der Waals surface area contributed by atoms with E-state index in [-0.39, 0.29) is 25.7 Å². The number of phosphoric ester groups is 2. The van der Waals surface area contributed by atoms with Crippen molar-refractivity contribution in [3.8, 4) is 0 Å². The molecule has 3 N–H and O–H groups in total. The SMILES string of the molecule is CC/C=C\C/C=C\C/C=C\C/C=C\C/C=C\CCCCCC(=O)OC[C@H](COP(=O)(O)OC[C@@H](O)COP(=O)(O)OC[C@@H](COC(=O)CCCCCCC/C=C\CCCCCC)OC(=O)CCCCC/C=C\C/C=C\C/C=C\C/C=C\C/C=C\CC)OC(=O)CCCCCCC/C=C\CCCCCCCC. The van der Waals surface area contributed by atoms with Crippen molar-refractivity contribution in [1.29, 1.82) is 0 Å². The predicted molar refractivity (Wildman–Crippen MR) is 436 cm³/mol. The third-order valence-corrected chi connectivity index (χ3v) is 18.7. The fraction of sp³-hybridized carbons (Fsp3) is 0.678. The van der Waals surface area contributed by atoms with E-state index >= 15 is 0 Å². The van der Waals surface area contributed by atoms with Gasteiger partial charge in [-0.2, -0.15) is 0 Å². The van der Waals surface area contributed by atoms with Crippen molar-refractivity contribution in [2.24, 2.45) is 0 Å². The highest BCUT2D eigenvalue weighted by atomic mass is 31.2. The van der Waals surface area contributed by atoms with Crippen LogP contribution >= 0.6 is 15.6 Å². The first-order valence-corrected chi connectivity index (χ1v) is 44.1. The molecule has 0 rings (SSSR count). The second kappa shape index (κ2) is 78.1. The molecule has 0 saturated carbocycles. The third kappa shape index (κ3) is 77.1. The molecule has 0 saturated heterocycles. The maximum atomic E-state index is 13.1. The lowest BCUT2D eigenvalue weighted by molar-refractivity contribution is -0.161. The summed E-state index contributed by atoms with van der Waals surface area (Å²) in [7, 11) is -9.99. The molecule has 0 spiro atoms. The quantitative estimate of drug-likeness (QED) is 0.0169. The van der Waals surface area contributed by atoms with E-state index in [0.717, 1.165) is 180 Å². The van der Waals surface area contributed by atoms with Gasteiger partial charge in [0.1, 0.15) is 19.3 Å². The number of aliphatic hydroxyl groups is 1. The zero-order chi connectivity index (χ0) is 77.4. The molecule has 19 heteroatoms. The van der Waals surface area contributed by atoms with Gasteiger partial charge in [0, 0.05) is 25.7 Å². The molecule has 0 heterocycles. The van der Waals surface area contributed by atoms with E-state index in [9.17, 15) is 43.2 Å². The molecule has 0 bridgehead atoms. The zero-order valence-corrected chi connectivity index (χ0v) is 68.1. The fourth-order valence-electron chi connectivity index (χ4n) is 10.6. The van der Waals surface area contributed by atoms with Crippen molar-refractivity contribution < 1.29 is 80.2 Å². The maximum Gasteiger partial charge on any atom is 0.472 e. The summed E-state index contributed by atoms with van der Waals surface area (Å²) in [6.45, 7) is 4.55. The van der Waals surface area contributed by atoms with E-state index in [2.05, 4.69) is 174 Å². The summed E-state index contributed by atoms with van der Waals surface area (Å²) in [5, 5.41) is 10.7. The molecule has 0 aliphatic carbocycles. The van der Waals surface area contributed by atoms with Gasteiger partial charge in [0.05, 0.1) is 26.4 Å². The number of phosphoric acid groups is 2. The maximum absolute atomic E-state index is 13.1. The zero-order valence-electron chi connectivity index (χ0n) is 66.3. The number of hydrogen-bond acceptors (Lipinski definition) is 15. The number of esters is 4. The average Bonchev–Trinajstić information content (AvgIpc) is 0.902. The van der Waals surface area contributed by atoms with Gasteiger partial charge in [-0.25, -0.2) is 9.13 Å². The van der Waals surface area contributed by atoms with Crippen LogP contribution in [-0.2, 0) is 65.4 Å². The van der Waals surface area contributed by atoms with Gasteiger partial charge in [0.15, 0.2) is 12.2 Å². The Hall–Kier alpha value is -5.06. The van der Waals surface area contributed by atoms with E-state index in [1.54, 1.807) is 0 Å². The molecule has 17 nitrogen and oxygen atoms in total. The molecule has 0 aromatic heterocycles. The Morgan fingerprint density at radius 1 is 0.274 bits per heavy atom. The lowest BCUT2D eigenvalue weighted by Gasteiger charge is -2.21. The lowest BCUT2D eigenvalue weighted by Crippen LogP contribution is -2.30. The third-order valence-electron chi connectivity index (χ3n) is 16.8. The van der Waals surface area contributed by atoms with E-state index < -0.39 is 97.5 Å². The molecule has 2 unspecified atom stereocenters. The van der Waals surface area contributed by atoms with Crippen LogP contribution in [0.3, 0.4) is 0 Å². The smallest absolute Gasteiger partial charge is 0.462 e. The van der Waals surface area contributed by atoms with E-state index in [1.165, 1.54) is 64.2 Å². The minimum atomic E-state index is -5.00. The summed E-state index contributed by atoms with van der Waals surface area (Å²) in [5.74, 6) is -2.27. The van der Waals surface area contributed by atoms with Gasteiger partial charge < -0.3 is 33.8 Å². The number of carbonyl (C=O) groups excluding carboxylic acids is 4. The van der Waals surface area contributed by atoms with Gasteiger partial charge in [0.2, 0.25) is 0 Å². The Balaban J connectivity index is 5.44. The molecule has 106 heavy (non-hydrogen) atoms. The van der Waals surface area contributed by atoms with Gasteiger partial charge >= 0.3 is 39.5 Å². The number of hydrogen-bond donors (Lipinski definition) is 3. The van der Waals surface area contributed by atoms with Gasteiger partial charge in [-0.15, -0.1) is 0 Å². The number of unbranched alkanes of at least 4 members (excludes halogenated alkanes) is 26. The van der Waals surface area contributed by atoms with Crippen molar-refractivity contribution in [2.45, 2.75) is 341 Å². The molecule has 0 aromatic carbocycles. The highest BCUT2D eigenvalue weighted by molar-refractivity contribution is 7.47. The van der Waals surface area contributed by atoms with E-state index in [0.29, 0.717) is 25.7 Å². The molecule has 0 aromatic rings. The Kier molecular flexibility index (Phi) is 74.3. The highest BCUT2D eigenvalue weighted by Crippen LogP contribution is 2.45. The van der Waals surface area contributed by atoms with E-state index in [1.807, 2.05) is 0 Å². The summed E-state index contributed by atoms with van der Waals surface area (Å²) < 4.78 is 68.6. The highest BCUT2D eigenvalue weighted by Gasteiger charge is 2.30. The summed E-state index contributed by atoms with van der Waals surface area (Å²) in [5.41, 5.74) is 0. The van der Waals surface area contributed by atoms with Crippen molar-refractivity contribution in [3.63, 3.8) is 0 Å². The summed E-state index contributed by atoms with van der Waals surface area (Å²) in [4.78, 5) is 73.1. The van der Waals surface area contributed by atoms with Crippen LogP contribution in [-0.4, -0.2) is 96.7 Å². The second-order valence-electron chi connectivity index (χ2n) is 26.9. The molecule has 0 fully saturated rings. The van der Waals surface area contributed by atoms with Crippen LogP contribution in [0.5, 0.6) is 0 Å². The summed E-state index contributed by atoms with van der Waals surface area (Å²) >= 11 is 0. The lowest BCUT2D eigenvalue weighted by atomic mass is 10.1. The minimum absolute atomic E-state index is 0.0501. The number of rotatable bonds is 76. The predicted octanol–water partition coefficient (Wildman–Crippen LogP) is 24.2. The molecular formula is C87H146O17P2. The van der Waals surface area contributed by atoms with Crippen LogP contribution in [0.1, 0.15) is 323 Å². The summed E-state index contributed by atoms with van der Waals surface area (Å²) in [6, 6.07) is 0. The molecular weight excluding hydrogens is 1380 g/mol. The number of allylic oxidation sites excluding steroid dienone is 24. The van der Waals surface area contributed by atoms with Crippen LogP contribution in [0.15, 0.2) is 146 Å². The monoisotopic (exact) mass is 1530 g/mol. The van der Waals surface area contributed by atoms with Crippen LogP contribution in [0, 0.1) is 0 Å². The topological polar surface area (TPSA) is 237 Å². The second-order valence-corrected chi connectivity index (χ2v) is 29.8. The molecule has 5 atom stereocenters. The number of carbonyl (C=O) groups is 4. The van der Waals surface area contributed by atoms with Gasteiger partial charge in [-0.05, 0) is 167 Å². The van der Waals surface area contributed by atoms with Gasteiger partial charge in [-0.1, -0.05) is 276 Å². The Labute approximate surface area is 643 Å². The molecule has 0 amide bonds. The van der Waals surface area contributed by atoms with Crippen LogP contribution in [0.4, 0.5) is 0 Å². The Morgan fingerprint density at radius 2 is 0.491 bits per heavy atom. The molecule has 0 radical (unpaired) electrons. The van der Waals surface area contributed by atoms with Crippen molar-refractivity contribution >= 4 is 39.5 Å². The van der Waals surface area contributed by atoms with E-state index in [4.69, 9.17) is 37.0 Å². The van der Waals surface area contributed by atoms with Gasteiger partial charge in [-0.3, -0.25) is 37.3 Å². The average molecular weight is 1530 g/mol. The van der Waals surface area contributed by atoms with Crippen molar-refractivity contribution in [2.75, 3.05) is 39.6 Å². The first-order chi connectivity index (χ1) is 51.7. The number of ether oxygens (including phenoxy) is 4. The minimum Gasteiger partial charge on any atom is -0.462 e. The normalized spacial score (nSPS) is 14.6. The first kappa shape index (κ1) is 101. The molecule has 0 aliphatic rings. The van der Waals surface area contributed by atoms with Crippen LogP contribution in [0.25, 0.3) is 0 Å². The number of aliphatic hydroxyl groups excluding tert-OH is 1. The van der Waals surface area contributed by atoms with Gasteiger partial charge in [0.25, 0.3) is 0 Å². The molecule has 0 aliphatic heterocycles. The standard InChI is InChI=1S/C87H146O17P2/c1-5-9-13-17-21-25-29-33-36-38-40-42-45-48-52-56-60-64-68-72-85(90)98-78-83(103-86(91)73-69-65-61-57-53-49-44-35-31-27-23-19-15-11-7-3)80-102-106(95,96)100-76-81(88)75-99-105(93,94)101-79-82(77-97-84(89)71-67-63-59-55-51-47-32-28-24-20-16-12-8-4)104-87(92)74-70-66-62-58-54-50-46-43-41-39-37-34-30-26-22-18-14-10-6-2/h9-10,13-14,21-22,25-26,28,32-37,40-44,48,50,52,54,81-83,88H,5-8,11-12,15-20,23-24,27,29-31,38-39,45-47,49,51,53,55-80H2,1-4H3,(H,93,94)(H,95,96)/b13-9-,14-10-,25-21-,26-22-,32-28-,36-33-,37-34-,42-40-,43-41-,44-35-,52-48-,54-50-/t81-,82+,83+/m0/s1. The fourth-order valence-corrected chi connectivity index (χ4v) is 12.1. The molecule has 606 valence electrons. The Bertz CT molecular complexity index is 2580. The Morgan fingerprint density at radius 3 is 0.783 bits per heavy atom. The van der Waals surface area contributed by atoms with Crippen LogP contribution < -0.4 is 0 Å². The first-order valence-electron chi connectivity index (χ1n) is 41.1. The summed E-state index contributed by atoms with van der Waals surface area (Å²) in [6.07, 6.45) is 89.6.